The molecular weight excluding hydrogens is 284 g/mol. The molecule has 0 atom stereocenters. The van der Waals surface area contributed by atoms with Gasteiger partial charge in [0.15, 0.2) is 5.16 Å². The van der Waals surface area contributed by atoms with Crippen LogP contribution in [0.25, 0.3) is 0 Å². The summed E-state index contributed by atoms with van der Waals surface area (Å²) in [5.41, 5.74) is 2.84. The highest BCUT2D eigenvalue weighted by atomic mass is 32.2. The first kappa shape index (κ1) is 14.0. The lowest BCUT2D eigenvalue weighted by Gasteiger charge is -2.07. The van der Waals surface area contributed by atoms with Crippen LogP contribution < -0.4 is 0 Å². The maximum absolute atomic E-state index is 10.6. The van der Waals surface area contributed by atoms with Crippen molar-refractivity contribution in [3.05, 3.63) is 22.4 Å². The Hall–Kier alpha value is -1.41. The predicted molar refractivity (Wildman–Crippen MR) is 73.6 cm³/mol. The van der Waals surface area contributed by atoms with E-state index in [1.165, 1.54) is 11.8 Å². The van der Waals surface area contributed by atoms with Gasteiger partial charge in [-0.15, -0.1) is 21.5 Å². The number of carboxylic acids is 1. The van der Waals surface area contributed by atoms with E-state index in [4.69, 9.17) is 5.11 Å². The topological polar surface area (TPSA) is 80.9 Å². The van der Waals surface area contributed by atoms with Crippen LogP contribution in [0.4, 0.5) is 0 Å². The van der Waals surface area contributed by atoms with Crippen molar-refractivity contribution < 1.29 is 9.90 Å². The molecule has 0 aliphatic carbocycles. The third-order valence-corrected chi connectivity index (χ3v) is 4.10. The van der Waals surface area contributed by atoms with Crippen LogP contribution in [-0.2, 0) is 24.2 Å². The molecule has 0 bridgehead atoms. The molecule has 6 nitrogen and oxygen atoms in total. The summed E-state index contributed by atoms with van der Waals surface area (Å²) < 4.78 is 1.98. The second-order valence-electron chi connectivity index (χ2n) is 3.82. The van der Waals surface area contributed by atoms with Gasteiger partial charge in [0.1, 0.15) is 5.82 Å². The number of nitrogens with zero attached hydrogens (tertiary/aromatic N) is 4. The lowest BCUT2D eigenvalue weighted by Crippen LogP contribution is -2.08. The first-order valence-corrected chi connectivity index (χ1v) is 7.77. The molecule has 19 heavy (non-hydrogen) atoms. The van der Waals surface area contributed by atoms with Gasteiger partial charge in [-0.2, -0.15) is 0 Å². The second kappa shape index (κ2) is 6.67. The molecule has 0 radical (unpaired) electrons. The van der Waals surface area contributed by atoms with Gasteiger partial charge in [0.05, 0.1) is 17.0 Å². The highest BCUT2D eigenvalue weighted by Crippen LogP contribution is 2.18. The zero-order valence-corrected chi connectivity index (χ0v) is 12.1. The van der Waals surface area contributed by atoms with E-state index in [1.54, 1.807) is 11.3 Å². The Balaban J connectivity index is 2.07. The molecule has 0 fully saturated rings. The Kier molecular flexibility index (Phi) is 4.92. The summed E-state index contributed by atoms with van der Waals surface area (Å²) in [4.78, 5) is 14.9. The number of carboxylic acid groups (broad SMARTS) is 1. The molecule has 0 aromatic carbocycles. The first-order valence-electron chi connectivity index (χ1n) is 5.84. The average Bonchev–Trinajstić information content (AvgIpc) is 3.02. The number of aromatic nitrogens is 4. The third kappa shape index (κ3) is 3.77. The highest BCUT2D eigenvalue weighted by molar-refractivity contribution is 7.99. The van der Waals surface area contributed by atoms with Gasteiger partial charge in [0, 0.05) is 24.8 Å². The number of rotatable bonds is 7. The zero-order chi connectivity index (χ0) is 13.7. The molecule has 2 heterocycles. The third-order valence-electron chi connectivity index (χ3n) is 2.51. The molecule has 0 aliphatic rings. The van der Waals surface area contributed by atoms with E-state index in [1.807, 2.05) is 22.4 Å². The van der Waals surface area contributed by atoms with Crippen LogP contribution in [-0.4, -0.2) is 36.6 Å². The van der Waals surface area contributed by atoms with Crippen LogP contribution >= 0.6 is 23.1 Å². The monoisotopic (exact) mass is 298 g/mol. The minimum absolute atomic E-state index is 0.00144. The van der Waals surface area contributed by atoms with Crippen molar-refractivity contribution in [2.75, 3.05) is 5.75 Å². The number of hydrogen-bond acceptors (Lipinski definition) is 6. The van der Waals surface area contributed by atoms with Crippen molar-refractivity contribution in [1.82, 2.24) is 19.7 Å². The number of hydrogen-bond donors (Lipinski definition) is 1. The normalized spacial score (nSPS) is 10.8. The van der Waals surface area contributed by atoms with Crippen molar-refractivity contribution in [3.8, 4) is 0 Å². The molecule has 0 saturated heterocycles. The lowest BCUT2D eigenvalue weighted by atomic mass is 10.3. The minimum atomic E-state index is -0.850. The molecule has 0 unspecified atom stereocenters. The smallest absolute Gasteiger partial charge is 0.313 e. The van der Waals surface area contributed by atoms with Gasteiger partial charge in [-0.05, 0) is 0 Å². The largest absolute Gasteiger partial charge is 0.481 e. The van der Waals surface area contributed by atoms with Crippen LogP contribution in [0.3, 0.4) is 0 Å². The van der Waals surface area contributed by atoms with Crippen LogP contribution in [0.1, 0.15) is 18.4 Å². The van der Waals surface area contributed by atoms with Crippen molar-refractivity contribution in [2.45, 2.75) is 31.5 Å². The molecule has 8 heteroatoms. The maximum Gasteiger partial charge on any atom is 0.313 e. The summed E-state index contributed by atoms with van der Waals surface area (Å²) in [6.07, 6.45) is 1.58. The van der Waals surface area contributed by atoms with E-state index in [0.29, 0.717) is 5.16 Å². The Bertz CT molecular complexity index is 539. The van der Waals surface area contributed by atoms with E-state index in [0.717, 1.165) is 30.9 Å². The average molecular weight is 298 g/mol. The van der Waals surface area contributed by atoms with Crippen LogP contribution in [0, 0.1) is 0 Å². The van der Waals surface area contributed by atoms with Crippen molar-refractivity contribution in [1.29, 1.82) is 0 Å². The van der Waals surface area contributed by atoms with Gasteiger partial charge in [-0.3, -0.25) is 4.79 Å². The summed E-state index contributed by atoms with van der Waals surface area (Å²) in [7, 11) is 0. The van der Waals surface area contributed by atoms with Gasteiger partial charge < -0.3 is 9.67 Å². The minimum Gasteiger partial charge on any atom is -0.481 e. The summed E-state index contributed by atoms with van der Waals surface area (Å²) in [5.74, 6) is 0.0265. The summed E-state index contributed by atoms with van der Waals surface area (Å²) in [6, 6.07) is 0. The summed E-state index contributed by atoms with van der Waals surface area (Å²) >= 11 is 2.77. The van der Waals surface area contributed by atoms with Crippen molar-refractivity contribution in [2.24, 2.45) is 0 Å². The Labute approximate surface area is 118 Å². The number of aliphatic carboxylic acids is 1. The standard InChI is InChI=1S/C11H14N4O2S2/c1-2-9-13-14-11(19-6-10(16)17)15(9)4-3-8-5-18-7-12-8/h5,7H,2-4,6H2,1H3,(H,16,17). The molecule has 0 spiro atoms. The Morgan fingerprint density at radius 2 is 2.37 bits per heavy atom. The van der Waals surface area contributed by atoms with Gasteiger partial charge in [0.2, 0.25) is 0 Å². The molecule has 0 aliphatic heterocycles. The molecule has 0 saturated carbocycles. The van der Waals surface area contributed by atoms with Gasteiger partial charge in [-0.1, -0.05) is 18.7 Å². The molecule has 2 rings (SSSR count). The fraction of sp³-hybridized carbons (Fsp3) is 0.455. The van der Waals surface area contributed by atoms with E-state index in [9.17, 15) is 4.79 Å². The van der Waals surface area contributed by atoms with Gasteiger partial charge in [-0.25, -0.2) is 4.98 Å². The number of aryl methyl sites for hydroxylation is 2. The van der Waals surface area contributed by atoms with Crippen molar-refractivity contribution in [3.63, 3.8) is 0 Å². The number of thioether (sulfide) groups is 1. The number of thiazole rings is 1. The second-order valence-corrected chi connectivity index (χ2v) is 5.48. The highest BCUT2D eigenvalue weighted by Gasteiger charge is 2.13. The number of carbonyl (C=O) groups is 1. The van der Waals surface area contributed by atoms with E-state index < -0.39 is 5.97 Å². The Morgan fingerprint density at radius 1 is 1.53 bits per heavy atom. The summed E-state index contributed by atoms with van der Waals surface area (Å²) in [6.45, 7) is 2.73. The van der Waals surface area contributed by atoms with Gasteiger partial charge in [0.25, 0.3) is 0 Å². The molecule has 0 amide bonds. The molecule has 102 valence electrons. The predicted octanol–water partition coefficient (Wildman–Crippen LogP) is 1.72. The van der Waals surface area contributed by atoms with Crippen LogP contribution in [0.5, 0.6) is 0 Å². The van der Waals surface area contributed by atoms with Crippen LogP contribution in [0.15, 0.2) is 16.0 Å². The SMILES string of the molecule is CCc1nnc(SCC(=O)O)n1CCc1cscn1. The Morgan fingerprint density at radius 3 is 3.00 bits per heavy atom. The van der Waals surface area contributed by atoms with Crippen molar-refractivity contribution >= 4 is 29.1 Å². The maximum atomic E-state index is 10.6. The van der Waals surface area contributed by atoms with Gasteiger partial charge >= 0.3 is 5.97 Å². The molecule has 2 aromatic rings. The molecule has 1 N–H and O–H groups in total. The first-order chi connectivity index (χ1) is 9.20. The molecular formula is C11H14N4O2S2. The fourth-order valence-corrected chi connectivity index (χ4v) is 2.92. The summed E-state index contributed by atoms with van der Waals surface area (Å²) in [5, 5.41) is 19.5. The van der Waals surface area contributed by atoms with Crippen LogP contribution in [0.2, 0.25) is 0 Å². The molecule has 2 aromatic heterocycles. The fourth-order valence-electron chi connectivity index (χ4n) is 1.63. The zero-order valence-electron chi connectivity index (χ0n) is 10.4. The lowest BCUT2D eigenvalue weighted by molar-refractivity contribution is -0.133. The van der Waals surface area contributed by atoms with E-state index in [2.05, 4.69) is 15.2 Å². The van der Waals surface area contributed by atoms with E-state index in [-0.39, 0.29) is 5.75 Å². The van der Waals surface area contributed by atoms with E-state index >= 15 is 0 Å². The quantitative estimate of drug-likeness (QED) is 0.784.